The molecule has 2 nitrogen and oxygen atoms in total. The van der Waals surface area contributed by atoms with Gasteiger partial charge in [0.25, 0.3) is 0 Å². The summed E-state index contributed by atoms with van der Waals surface area (Å²) in [5.41, 5.74) is 0.892. The molecule has 0 saturated carbocycles. The van der Waals surface area contributed by atoms with E-state index >= 15 is 0 Å². The zero-order valence-corrected chi connectivity index (χ0v) is 11.6. The Labute approximate surface area is 121 Å². The minimum atomic E-state index is -1.46. The summed E-state index contributed by atoms with van der Waals surface area (Å²) < 4.78 is -1.46. The fourth-order valence-electron chi connectivity index (χ4n) is 1.60. The Hall–Kier alpha value is -0.960. The van der Waals surface area contributed by atoms with Gasteiger partial charge in [-0.2, -0.15) is 0 Å². The number of hydrogen-bond acceptors (Lipinski definition) is 2. The van der Waals surface area contributed by atoms with Crippen molar-refractivity contribution in [3.63, 3.8) is 0 Å². The Morgan fingerprint density at radius 1 is 0.944 bits per heavy atom. The number of anilines is 1. The van der Waals surface area contributed by atoms with E-state index in [1.165, 1.54) is 0 Å². The summed E-state index contributed by atoms with van der Waals surface area (Å²) in [7, 11) is 0. The molecule has 18 heavy (non-hydrogen) atoms. The number of rotatable bonds is 3. The van der Waals surface area contributed by atoms with E-state index in [9.17, 15) is 0 Å². The van der Waals surface area contributed by atoms with Crippen LogP contribution < -0.4 is 5.32 Å². The Kier molecular flexibility index (Phi) is 4.33. The van der Waals surface area contributed by atoms with E-state index in [4.69, 9.17) is 34.8 Å². The summed E-state index contributed by atoms with van der Waals surface area (Å²) in [5, 5.41) is 3.13. The molecule has 0 radical (unpaired) electrons. The van der Waals surface area contributed by atoms with Crippen molar-refractivity contribution < 1.29 is 0 Å². The lowest BCUT2D eigenvalue weighted by Crippen LogP contribution is -2.25. The third kappa shape index (κ3) is 3.52. The molecular weight excluding hydrogens is 291 g/mol. The monoisotopic (exact) mass is 300 g/mol. The predicted molar refractivity (Wildman–Crippen MR) is 77.3 cm³/mol. The fraction of sp³-hybridized carbons (Fsp3) is 0.154. The molecule has 1 N–H and O–H groups in total. The molecule has 0 spiro atoms. The third-order valence-electron chi connectivity index (χ3n) is 2.42. The molecule has 0 aliphatic carbocycles. The number of halogens is 3. The molecule has 2 aromatic rings. The van der Waals surface area contributed by atoms with Crippen molar-refractivity contribution in [2.75, 3.05) is 5.32 Å². The van der Waals surface area contributed by atoms with Crippen LogP contribution in [0, 0.1) is 0 Å². The second-order valence-electron chi connectivity index (χ2n) is 3.74. The first-order valence-corrected chi connectivity index (χ1v) is 6.50. The van der Waals surface area contributed by atoms with Gasteiger partial charge >= 0.3 is 0 Å². The van der Waals surface area contributed by atoms with Crippen LogP contribution in [0.3, 0.4) is 0 Å². The normalized spacial score (nSPS) is 13.1. The highest BCUT2D eigenvalue weighted by molar-refractivity contribution is 6.68. The molecule has 5 heteroatoms. The smallest absolute Gasteiger partial charge is 0.214 e. The molecule has 0 bridgehead atoms. The minimum Gasteiger partial charge on any atom is -0.359 e. The number of alkyl halides is 3. The molecule has 0 fully saturated rings. The van der Waals surface area contributed by atoms with Gasteiger partial charge in [0, 0.05) is 6.20 Å². The number of hydrogen-bond donors (Lipinski definition) is 1. The lowest BCUT2D eigenvalue weighted by molar-refractivity contribution is 0.800. The number of nitrogens with one attached hydrogen (secondary N) is 1. The number of aromatic nitrogens is 1. The molecule has 1 unspecified atom stereocenters. The number of pyridine rings is 1. The zero-order chi connectivity index (χ0) is 13.0. The van der Waals surface area contributed by atoms with E-state index in [1.807, 2.05) is 48.5 Å². The second kappa shape index (κ2) is 5.79. The van der Waals surface area contributed by atoms with Crippen LogP contribution in [0.25, 0.3) is 0 Å². The van der Waals surface area contributed by atoms with E-state index < -0.39 is 9.83 Å². The van der Waals surface area contributed by atoms with Gasteiger partial charge < -0.3 is 5.32 Å². The largest absolute Gasteiger partial charge is 0.359 e. The number of nitrogens with zero attached hydrogens (tertiary/aromatic N) is 1. The summed E-state index contributed by atoms with van der Waals surface area (Å²) in [4.78, 5) is 4.17. The first kappa shape index (κ1) is 13.5. The van der Waals surface area contributed by atoms with Gasteiger partial charge in [0.15, 0.2) is 0 Å². The van der Waals surface area contributed by atoms with Crippen molar-refractivity contribution in [3.05, 3.63) is 60.3 Å². The Bertz CT molecular complexity index is 483. The van der Waals surface area contributed by atoms with E-state index in [1.54, 1.807) is 6.20 Å². The zero-order valence-electron chi connectivity index (χ0n) is 9.35. The highest BCUT2D eigenvalue weighted by Crippen LogP contribution is 2.41. The van der Waals surface area contributed by atoms with Gasteiger partial charge in [0.1, 0.15) is 5.82 Å². The lowest BCUT2D eigenvalue weighted by Gasteiger charge is -2.26. The molecule has 0 aliphatic heterocycles. The Balaban J connectivity index is 2.28. The van der Waals surface area contributed by atoms with Crippen LogP contribution in [-0.4, -0.2) is 8.78 Å². The Morgan fingerprint density at radius 2 is 1.61 bits per heavy atom. The van der Waals surface area contributed by atoms with Crippen molar-refractivity contribution >= 4 is 40.6 Å². The molecule has 1 aromatic heterocycles. The summed E-state index contributed by atoms with van der Waals surface area (Å²) in [6.07, 6.45) is 1.68. The standard InChI is InChI=1S/C13H11Cl3N2/c14-13(15,16)12(10-6-2-1-3-7-10)18-11-8-4-5-9-17-11/h1-9,12H,(H,17,18). The summed E-state index contributed by atoms with van der Waals surface area (Å²) >= 11 is 18.1. The van der Waals surface area contributed by atoms with Crippen molar-refractivity contribution in [3.8, 4) is 0 Å². The minimum absolute atomic E-state index is 0.460. The molecule has 0 amide bonds. The topological polar surface area (TPSA) is 24.9 Å². The van der Waals surface area contributed by atoms with Crippen LogP contribution in [0.1, 0.15) is 11.6 Å². The SMILES string of the molecule is ClC(Cl)(Cl)C(Nc1ccccn1)c1ccccc1. The van der Waals surface area contributed by atoms with Crippen LogP contribution in [0.4, 0.5) is 5.82 Å². The van der Waals surface area contributed by atoms with Gasteiger partial charge in [0.2, 0.25) is 3.79 Å². The molecule has 1 atom stereocenters. The van der Waals surface area contributed by atoms with Crippen LogP contribution in [-0.2, 0) is 0 Å². The van der Waals surface area contributed by atoms with Gasteiger partial charge in [-0.1, -0.05) is 71.2 Å². The maximum absolute atomic E-state index is 6.02. The van der Waals surface area contributed by atoms with E-state index in [0.717, 1.165) is 5.56 Å². The maximum Gasteiger partial charge on any atom is 0.214 e. The van der Waals surface area contributed by atoms with Gasteiger partial charge in [0.05, 0.1) is 6.04 Å². The number of benzene rings is 1. The maximum atomic E-state index is 6.02. The van der Waals surface area contributed by atoms with Crippen LogP contribution >= 0.6 is 34.8 Å². The second-order valence-corrected chi connectivity index (χ2v) is 6.11. The highest BCUT2D eigenvalue weighted by Gasteiger charge is 2.34. The lowest BCUT2D eigenvalue weighted by atomic mass is 10.1. The molecule has 2 rings (SSSR count). The summed E-state index contributed by atoms with van der Waals surface area (Å²) in [5.74, 6) is 0.665. The molecule has 1 aromatic carbocycles. The van der Waals surface area contributed by atoms with Crippen LogP contribution in [0.2, 0.25) is 0 Å². The van der Waals surface area contributed by atoms with Crippen LogP contribution in [0.5, 0.6) is 0 Å². The van der Waals surface area contributed by atoms with Gasteiger partial charge in [-0.25, -0.2) is 4.98 Å². The first-order chi connectivity index (χ1) is 8.57. The highest BCUT2D eigenvalue weighted by atomic mass is 35.6. The first-order valence-electron chi connectivity index (χ1n) is 5.36. The van der Waals surface area contributed by atoms with Gasteiger partial charge in [-0.15, -0.1) is 0 Å². The third-order valence-corrected chi connectivity index (χ3v) is 3.07. The van der Waals surface area contributed by atoms with Crippen molar-refractivity contribution in [2.45, 2.75) is 9.83 Å². The molecule has 0 saturated heterocycles. The van der Waals surface area contributed by atoms with E-state index in [-0.39, 0.29) is 0 Å². The average Bonchev–Trinajstić information content (AvgIpc) is 2.37. The average molecular weight is 302 g/mol. The predicted octanol–water partition coefficient (Wildman–Crippen LogP) is 4.61. The van der Waals surface area contributed by atoms with Crippen molar-refractivity contribution in [1.82, 2.24) is 4.98 Å². The summed E-state index contributed by atoms with van der Waals surface area (Å²) in [6.45, 7) is 0. The molecular formula is C13H11Cl3N2. The molecule has 0 aliphatic rings. The van der Waals surface area contributed by atoms with Crippen molar-refractivity contribution in [1.29, 1.82) is 0 Å². The van der Waals surface area contributed by atoms with E-state index in [0.29, 0.717) is 5.82 Å². The Morgan fingerprint density at radius 3 is 2.17 bits per heavy atom. The van der Waals surface area contributed by atoms with Gasteiger partial charge in [-0.05, 0) is 17.7 Å². The fourth-order valence-corrected chi connectivity index (χ4v) is 2.14. The van der Waals surface area contributed by atoms with E-state index in [2.05, 4.69) is 10.3 Å². The quantitative estimate of drug-likeness (QED) is 0.838. The molecule has 94 valence electrons. The van der Waals surface area contributed by atoms with Crippen molar-refractivity contribution in [2.24, 2.45) is 0 Å². The summed E-state index contributed by atoms with van der Waals surface area (Å²) in [6, 6.07) is 14.6. The van der Waals surface area contributed by atoms with Gasteiger partial charge in [-0.3, -0.25) is 0 Å². The molecule has 1 heterocycles. The van der Waals surface area contributed by atoms with Crippen LogP contribution in [0.15, 0.2) is 54.7 Å².